The third-order valence-electron chi connectivity index (χ3n) is 4.28. The summed E-state index contributed by atoms with van der Waals surface area (Å²) >= 11 is 1.84. The quantitative estimate of drug-likeness (QED) is 0.902. The lowest BCUT2D eigenvalue weighted by Crippen LogP contribution is -2.59. The molecule has 2 N–H and O–H groups in total. The fourth-order valence-electron chi connectivity index (χ4n) is 3.07. The zero-order valence-corrected chi connectivity index (χ0v) is 13.1. The molecular weight excluding hydrogens is 256 g/mol. The molecule has 0 spiro atoms. The van der Waals surface area contributed by atoms with Gasteiger partial charge in [0.2, 0.25) is 0 Å². The Morgan fingerprint density at radius 1 is 1.47 bits per heavy atom. The largest absolute Gasteiger partial charge is 0.375 e. The first kappa shape index (κ1) is 15.0. The Morgan fingerprint density at radius 3 is 2.84 bits per heavy atom. The molecule has 1 atom stereocenters. The van der Waals surface area contributed by atoms with E-state index in [9.17, 15) is 0 Å². The molecular formula is C15H26N2OS. The molecule has 1 saturated heterocycles. The second-order valence-electron chi connectivity index (χ2n) is 6.21. The second-order valence-corrected chi connectivity index (χ2v) is 7.25. The van der Waals surface area contributed by atoms with Crippen molar-refractivity contribution in [2.45, 2.75) is 44.2 Å². The Hall–Kier alpha value is -0.420. The minimum absolute atomic E-state index is 0.0607. The average Bonchev–Trinajstić information content (AvgIpc) is 2.87. The molecule has 4 heteroatoms. The van der Waals surface area contributed by atoms with Crippen LogP contribution in [-0.4, -0.2) is 42.8 Å². The van der Waals surface area contributed by atoms with Gasteiger partial charge < -0.3 is 10.5 Å². The number of hydrogen-bond donors (Lipinski definition) is 1. The van der Waals surface area contributed by atoms with Gasteiger partial charge in [-0.05, 0) is 51.6 Å². The molecule has 1 aliphatic heterocycles. The molecule has 0 amide bonds. The molecule has 1 fully saturated rings. The monoisotopic (exact) mass is 282 g/mol. The smallest absolute Gasteiger partial charge is 0.0644 e. The number of likely N-dealkylation sites (N-methyl/N-ethyl adjacent to an activating group) is 1. The van der Waals surface area contributed by atoms with Crippen LogP contribution in [0, 0.1) is 0 Å². The minimum atomic E-state index is -0.0607. The van der Waals surface area contributed by atoms with Crippen LogP contribution in [-0.2, 0) is 11.2 Å². The van der Waals surface area contributed by atoms with Crippen molar-refractivity contribution in [2.75, 3.05) is 26.7 Å². The fourth-order valence-corrected chi connectivity index (χ4v) is 3.77. The van der Waals surface area contributed by atoms with Crippen molar-refractivity contribution >= 4 is 11.3 Å². The van der Waals surface area contributed by atoms with E-state index in [2.05, 4.69) is 43.3 Å². The number of nitrogens with zero attached hydrogens (tertiary/aromatic N) is 1. The maximum absolute atomic E-state index is 6.11. The maximum Gasteiger partial charge on any atom is 0.0644 e. The van der Waals surface area contributed by atoms with Crippen molar-refractivity contribution < 1.29 is 4.74 Å². The molecule has 19 heavy (non-hydrogen) atoms. The summed E-state index contributed by atoms with van der Waals surface area (Å²) in [6.07, 6.45) is 3.16. The molecule has 0 aliphatic carbocycles. The van der Waals surface area contributed by atoms with Gasteiger partial charge in [0.05, 0.1) is 5.60 Å². The summed E-state index contributed by atoms with van der Waals surface area (Å²) in [6, 6.07) is 4.33. The molecule has 0 saturated carbocycles. The number of thiophene rings is 1. The van der Waals surface area contributed by atoms with E-state index < -0.39 is 0 Å². The molecule has 1 aromatic rings. The van der Waals surface area contributed by atoms with Crippen molar-refractivity contribution in [2.24, 2.45) is 5.73 Å². The van der Waals surface area contributed by atoms with Gasteiger partial charge in [-0.25, -0.2) is 0 Å². The summed E-state index contributed by atoms with van der Waals surface area (Å²) in [5.41, 5.74) is 6.15. The van der Waals surface area contributed by atoms with Gasteiger partial charge in [-0.1, -0.05) is 6.07 Å². The predicted molar refractivity (Wildman–Crippen MR) is 81.7 cm³/mol. The zero-order chi connectivity index (χ0) is 13.9. The first-order valence-corrected chi connectivity index (χ1v) is 7.93. The second kappa shape index (κ2) is 5.92. The highest BCUT2D eigenvalue weighted by Gasteiger charge is 2.42. The van der Waals surface area contributed by atoms with Gasteiger partial charge in [0.1, 0.15) is 0 Å². The van der Waals surface area contributed by atoms with E-state index >= 15 is 0 Å². The van der Waals surface area contributed by atoms with E-state index in [0.717, 1.165) is 32.4 Å². The lowest BCUT2D eigenvalue weighted by molar-refractivity contribution is -0.113. The molecule has 0 aromatic carbocycles. The van der Waals surface area contributed by atoms with Gasteiger partial charge in [0.25, 0.3) is 0 Å². The Morgan fingerprint density at radius 2 is 2.26 bits per heavy atom. The average molecular weight is 282 g/mol. The normalized spacial score (nSPS) is 26.8. The Bertz CT molecular complexity index is 391. The van der Waals surface area contributed by atoms with Gasteiger partial charge in [-0.3, -0.25) is 4.90 Å². The Kier molecular flexibility index (Phi) is 4.66. The first-order chi connectivity index (χ1) is 8.97. The topological polar surface area (TPSA) is 38.5 Å². The third kappa shape index (κ3) is 3.57. The van der Waals surface area contributed by atoms with E-state index in [1.165, 1.54) is 4.88 Å². The first-order valence-electron chi connectivity index (χ1n) is 7.05. The van der Waals surface area contributed by atoms with E-state index in [1.54, 1.807) is 0 Å². The summed E-state index contributed by atoms with van der Waals surface area (Å²) in [5, 5.41) is 2.14. The Balaban J connectivity index is 1.99. The van der Waals surface area contributed by atoms with Crippen LogP contribution in [0.2, 0.25) is 0 Å². The molecule has 108 valence electrons. The predicted octanol–water partition coefficient (Wildman–Crippen LogP) is 2.51. The SMILES string of the molecule is CN(CCc1cccs1)C1(CN)CCOC(C)(C)C1. The molecule has 1 unspecified atom stereocenters. The third-order valence-corrected chi connectivity index (χ3v) is 5.21. The molecule has 1 aromatic heterocycles. The van der Waals surface area contributed by atoms with Crippen LogP contribution < -0.4 is 5.73 Å². The van der Waals surface area contributed by atoms with Crippen LogP contribution in [0.1, 0.15) is 31.6 Å². The number of nitrogens with two attached hydrogens (primary N) is 1. The fraction of sp³-hybridized carbons (Fsp3) is 0.733. The molecule has 0 bridgehead atoms. The van der Waals surface area contributed by atoms with Crippen molar-refractivity contribution in [1.29, 1.82) is 0 Å². The van der Waals surface area contributed by atoms with Crippen molar-refractivity contribution in [3.05, 3.63) is 22.4 Å². The molecule has 3 nitrogen and oxygen atoms in total. The van der Waals surface area contributed by atoms with Gasteiger partial charge >= 0.3 is 0 Å². The standard InChI is InChI=1S/C15H26N2OS/c1-14(2)11-15(12-16,7-9-18-14)17(3)8-6-13-5-4-10-19-13/h4-5,10H,6-9,11-12,16H2,1-3H3. The van der Waals surface area contributed by atoms with Crippen molar-refractivity contribution in [3.63, 3.8) is 0 Å². The number of ether oxygens (including phenoxy) is 1. The molecule has 2 rings (SSSR count). The van der Waals surface area contributed by atoms with Crippen molar-refractivity contribution in [1.82, 2.24) is 4.90 Å². The van der Waals surface area contributed by atoms with E-state index in [1.807, 2.05) is 11.3 Å². The van der Waals surface area contributed by atoms with Crippen LogP contribution in [0.4, 0.5) is 0 Å². The van der Waals surface area contributed by atoms with Crippen LogP contribution in [0.25, 0.3) is 0 Å². The summed E-state index contributed by atoms with van der Waals surface area (Å²) in [5.74, 6) is 0. The summed E-state index contributed by atoms with van der Waals surface area (Å²) in [7, 11) is 2.21. The van der Waals surface area contributed by atoms with Gasteiger partial charge in [0, 0.05) is 30.1 Å². The number of rotatable bonds is 5. The maximum atomic E-state index is 6.11. The summed E-state index contributed by atoms with van der Waals surface area (Å²) < 4.78 is 5.84. The molecule has 0 radical (unpaired) electrons. The van der Waals surface area contributed by atoms with Crippen LogP contribution in [0.15, 0.2) is 17.5 Å². The van der Waals surface area contributed by atoms with Crippen LogP contribution in [0.3, 0.4) is 0 Å². The van der Waals surface area contributed by atoms with Gasteiger partial charge in [-0.15, -0.1) is 11.3 Å². The highest BCUT2D eigenvalue weighted by molar-refractivity contribution is 7.09. The highest BCUT2D eigenvalue weighted by Crippen LogP contribution is 2.35. The zero-order valence-electron chi connectivity index (χ0n) is 12.3. The summed E-state index contributed by atoms with van der Waals surface area (Å²) in [4.78, 5) is 3.90. The number of hydrogen-bond acceptors (Lipinski definition) is 4. The van der Waals surface area contributed by atoms with E-state index in [0.29, 0.717) is 6.54 Å². The van der Waals surface area contributed by atoms with Gasteiger partial charge in [-0.2, -0.15) is 0 Å². The molecule has 2 heterocycles. The molecule has 1 aliphatic rings. The Labute approximate surface area is 120 Å². The minimum Gasteiger partial charge on any atom is -0.375 e. The highest BCUT2D eigenvalue weighted by atomic mass is 32.1. The van der Waals surface area contributed by atoms with E-state index in [-0.39, 0.29) is 11.1 Å². The lowest BCUT2D eigenvalue weighted by atomic mass is 9.80. The van der Waals surface area contributed by atoms with Gasteiger partial charge in [0.15, 0.2) is 0 Å². The lowest BCUT2D eigenvalue weighted by Gasteiger charge is -2.49. The van der Waals surface area contributed by atoms with Crippen molar-refractivity contribution in [3.8, 4) is 0 Å². The van der Waals surface area contributed by atoms with E-state index in [4.69, 9.17) is 10.5 Å². The van der Waals surface area contributed by atoms with Crippen LogP contribution in [0.5, 0.6) is 0 Å². The van der Waals surface area contributed by atoms with Crippen LogP contribution >= 0.6 is 11.3 Å². The summed E-state index contributed by atoms with van der Waals surface area (Å²) in [6.45, 7) is 6.93.